The minimum absolute atomic E-state index is 0. The molecule has 0 fully saturated rings. The number of guanidine groups is 1. The van der Waals surface area contributed by atoms with Gasteiger partial charge in [-0.15, -0.1) is 24.0 Å². The third-order valence-electron chi connectivity index (χ3n) is 4.04. The second-order valence-corrected chi connectivity index (χ2v) is 7.87. The lowest BCUT2D eigenvalue weighted by atomic mass is 10.1. The van der Waals surface area contributed by atoms with E-state index in [2.05, 4.69) is 25.9 Å². The molecule has 176 valence electrons. The topological polar surface area (TPSA) is 96.9 Å². The molecular formula is C23H34IN5O3. The fourth-order valence-electron chi connectivity index (χ4n) is 2.66. The van der Waals surface area contributed by atoms with Crippen molar-refractivity contribution < 1.29 is 14.3 Å². The molecule has 1 amide bonds. The molecule has 9 heteroatoms. The van der Waals surface area contributed by atoms with Gasteiger partial charge in [-0.1, -0.05) is 18.2 Å². The van der Waals surface area contributed by atoms with Crippen LogP contribution in [0.5, 0.6) is 5.88 Å². The second-order valence-electron chi connectivity index (χ2n) is 7.87. The van der Waals surface area contributed by atoms with Gasteiger partial charge in [0, 0.05) is 24.8 Å². The molecular weight excluding hydrogens is 521 g/mol. The smallest absolute Gasteiger partial charge is 0.412 e. The van der Waals surface area contributed by atoms with Gasteiger partial charge in [0.25, 0.3) is 0 Å². The Hall–Kier alpha value is -2.56. The lowest BCUT2D eigenvalue weighted by molar-refractivity contribution is 0.0636. The van der Waals surface area contributed by atoms with Crippen LogP contribution in [-0.2, 0) is 17.7 Å². The van der Waals surface area contributed by atoms with Gasteiger partial charge in [0.05, 0.1) is 19.3 Å². The molecule has 32 heavy (non-hydrogen) atoms. The van der Waals surface area contributed by atoms with Crippen LogP contribution in [0.2, 0.25) is 0 Å². The van der Waals surface area contributed by atoms with Crippen molar-refractivity contribution in [2.75, 3.05) is 25.5 Å². The van der Waals surface area contributed by atoms with Crippen LogP contribution in [0.25, 0.3) is 0 Å². The Morgan fingerprint density at radius 2 is 1.81 bits per heavy atom. The van der Waals surface area contributed by atoms with Crippen LogP contribution >= 0.6 is 24.0 Å². The fourth-order valence-corrected chi connectivity index (χ4v) is 2.66. The Morgan fingerprint density at radius 1 is 1.09 bits per heavy atom. The number of carbonyl (C=O) groups excluding carboxylic acids is 1. The highest BCUT2D eigenvalue weighted by atomic mass is 127. The minimum Gasteiger partial charge on any atom is -0.481 e. The van der Waals surface area contributed by atoms with Gasteiger partial charge in [0.1, 0.15) is 5.60 Å². The maximum Gasteiger partial charge on any atom is 0.412 e. The van der Waals surface area contributed by atoms with Crippen LogP contribution < -0.4 is 20.7 Å². The number of carbonyl (C=O) groups is 1. The van der Waals surface area contributed by atoms with Crippen LogP contribution in [0, 0.1) is 0 Å². The number of nitrogens with one attached hydrogen (secondary N) is 3. The largest absolute Gasteiger partial charge is 0.481 e. The summed E-state index contributed by atoms with van der Waals surface area (Å²) in [6.45, 7) is 9.47. The number of halogens is 1. The summed E-state index contributed by atoms with van der Waals surface area (Å²) >= 11 is 0. The highest BCUT2D eigenvalue weighted by Crippen LogP contribution is 2.13. The van der Waals surface area contributed by atoms with Crippen molar-refractivity contribution in [3.63, 3.8) is 0 Å². The van der Waals surface area contributed by atoms with Crippen LogP contribution in [-0.4, -0.2) is 42.8 Å². The number of amides is 1. The van der Waals surface area contributed by atoms with E-state index in [1.54, 1.807) is 7.11 Å². The molecule has 0 bridgehead atoms. The number of aliphatic imine (C=N–C) groups is 1. The second kappa shape index (κ2) is 13.8. The van der Waals surface area contributed by atoms with Gasteiger partial charge in [-0.3, -0.25) is 5.32 Å². The molecule has 3 N–H and O–H groups in total. The molecule has 0 aliphatic carbocycles. The molecule has 0 aliphatic rings. The Morgan fingerprint density at radius 3 is 2.44 bits per heavy atom. The molecule has 1 aromatic carbocycles. The first-order valence-electron chi connectivity index (χ1n) is 10.4. The third-order valence-corrected chi connectivity index (χ3v) is 4.04. The molecule has 0 unspecified atom stereocenters. The summed E-state index contributed by atoms with van der Waals surface area (Å²) in [5.74, 6) is 1.31. The maximum atomic E-state index is 11.8. The molecule has 2 rings (SSSR count). The van der Waals surface area contributed by atoms with Gasteiger partial charge in [0.15, 0.2) is 5.96 Å². The van der Waals surface area contributed by atoms with Crippen LogP contribution in [0.1, 0.15) is 39.0 Å². The van der Waals surface area contributed by atoms with Crippen molar-refractivity contribution in [2.24, 2.45) is 4.99 Å². The van der Waals surface area contributed by atoms with Gasteiger partial charge in [-0.25, -0.2) is 14.8 Å². The summed E-state index contributed by atoms with van der Waals surface area (Å²) < 4.78 is 10.4. The number of hydrogen-bond acceptors (Lipinski definition) is 5. The summed E-state index contributed by atoms with van der Waals surface area (Å²) in [5, 5.41) is 9.30. The van der Waals surface area contributed by atoms with Gasteiger partial charge < -0.3 is 20.1 Å². The molecule has 0 radical (unpaired) electrons. The fraction of sp³-hybridized carbons (Fsp3) is 0.435. The first kappa shape index (κ1) is 27.5. The van der Waals surface area contributed by atoms with E-state index in [-0.39, 0.29) is 24.0 Å². The minimum atomic E-state index is -0.524. The molecule has 0 atom stereocenters. The van der Waals surface area contributed by atoms with E-state index >= 15 is 0 Å². The number of anilines is 1. The lowest BCUT2D eigenvalue weighted by Gasteiger charge is -2.19. The Labute approximate surface area is 207 Å². The monoisotopic (exact) mass is 555 g/mol. The van der Waals surface area contributed by atoms with E-state index in [0.29, 0.717) is 18.1 Å². The first-order valence-corrected chi connectivity index (χ1v) is 10.4. The standard InChI is InChI=1S/C23H33N5O3.HI/c1-6-24-21(26-16-19-8-7-9-20(27-19)30-5)25-15-14-17-10-12-18(13-11-17)28-22(29)31-23(2,3)4;/h7-13H,6,14-16H2,1-5H3,(H,28,29)(H2,24,25,26);1H. The van der Waals surface area contributed by atoms with Crippen molar-refractivity contribution in [1.82, 2.24) is 15.6 Å². The van der Waals surface area contributed by atoms with Gasteiger partial charge in [-0.2, -0.15) is 0 Å². The summed E-state index contributed by atoms with van der Waals surface area (Å²) in [5.41, 5.74) is 2.16. The summed E-state index contributed by atoms with van der Waals surface area (Å²) in [7, 11) is 1.60. The molecule has 0 saturated heterocycles. The molecule has 0 aliphatic heterocycles. The number of rotatable bonds is 8. The van der Waals surface area contributed by atoms with E-state index in [4.69, 9.17) is 9.47 Å². The average Bonchev–Trinajstić information content (AvgIpc) is 2.72. The lowest BCUT2D eigenvalue weighted by Crippen LogP contribution is -2.38. The van der Waals surface area contributed by atoms with Crippen molar-refractivity contribution >= 4 is 41.7 Å². The Balaban J connectivity index is 0.00000512. The Bertz CT molecular complexity index is 867. The van der Waals surface area contributed by atoms with Crippen molar-refractivity contribution in [2.45, 2.75) is 46.3 Å². The maximum absolute atomic E-state index is 11.8. The number of hydrogen-bond donors (Lipinski definition) is 3. The Kier molecular flexibility index (Phi) is 11.8. The summed E-state index contributed by atoms with van der Waals surface area (Å²) in [6.07, 6.45) is 0.355. The quantitative estimate of drug-likeness (QED) is 0.255. The van der Waals surface area contributed by atoms with E-state index in [0.717, 1.165) is 36.7 Å². The molecule has 1 heterocycles. The zero-order valence-corrected chi connectivity index (χ0v) is 21.7. The normalized spacial score (nSPS) is 11.2. The molecule has 1 aromatic heterocycles. The average molecular weight is 555 g/mol. The molecule has 0 saturated carbocycles. The van der Waals surface area contributed by atoms with Crippen molar-refractivity contribution in [3.8, 4) is 5.88 Å². The van der Waals surface area contributed by atoms with Gasteiger partial charge in [0.2, 0.25) is 5.88 Å². The first-order chi connectivity index (χ1) is 14.8. The number of benzene rings is 1. The van der Waals surface area contributed by atoms with Crippen LogP contribution in [0.4, 0.5) is 10.5 Å². The number of ether oxygens (including phenoxy) is 2. The van der Waals surface area contributed by atoms with E-state index < -0.39 is 11.7 Å². The summed E-state index contributed by atoms with van der Waals surface area (Å²) in [6, 6.07) is 13.3. The van der Waals surface area contributed by atoms with E-state index in [1.165, 1.54) is 0 Å². The number of nitrogens with zero attached hydrogens (tertiary/aromatic N) is 2. The van der Waals surface area contributed by atoms with E-state index in [1.807, 2.05) is 70.2 Å². The predicted octanol–water partition coefficient (Wildman–Crippen LogP) is 4.35. The van der Waals surface area contributed by atoms with Crippen molar-refractivity contribution in [1.29, 1.82) is 0 Å². The van der Waals surface area contributed by atoms with Crippen molar-refractivity contribution in [3.05, 3.63) is 53.7 Å². The summed E-state index contributed by atoms with van der Waals surface area (Å²) in [4.78, 5) is 20.8. The number of aromatic nitrogens is 1. The van der Waals surface area contributed by atoms with Crippen LogP contribution in [0.15, 0.2) is 47.5 Å². The highest BCUT2D eigenvalue weighted by molar-refractivity contribution is 14.0. The SMILES string of the molecule is CCNC(=NCc1cccc(OC)n1)NCCc1ccc(NC(=O)OC(C)(C)C)cc1.I. The molecule has 8 nitrogen and oxygen atoms in total. The predicted molar refractivity (Wildman–Crippen MR) is 139 cm³/mol. The highest BCUT2D eigenvalue weighted by Gasteiger charge is 2.16. The van der Waals surface area contributed by atoms with Gasteiger partial charge in [-0.05, 0) is 57.9 Å². The number of pyridine rings is 1. The van der Waals surface area contributed by atoms with E-state index in [9.17, 15) is 4.79 Å². The zero-order chi connectivity index (χ0) is 22.7. The molecule has 2 aromatic rings. The van der Waals surface area contributed by atoms with Crippen LogP contribution in [0.3, 0.4) is 0 Å². The zero-order valence-electron chi connectivity index (χ0n) is 19.4. The third kappa shape index (κ3) is 10.7. The molecule has 0 spiro atoms. The number of methoxy groups -OCH3 is 1. The van der Waals surface area contributed by atoms with Gasteiger partial charge >= 0.3 is 6.09 Å².